The number of ether oxygens (including phenoxy) is 1. The maximum absolute atomic E-state index is 9.61. The quantitative estimate of drug-likeness (QED) is 0.720. The topological polar surface area (TPSA) is 41.5 Å². The van der Waals surface area contributed by atoms with Gasteiger partial charge in [-0.05, 0) is 31.9 Å². The lowest BCUT2D eigenvalue weighted by atomic mass is 10.0. The van der Waals surface area contributed by atoms with Gasteiger partial charge in [-0.15, -0.1) is 0 Å². The second-order valence-corrected chi connectivity index (χ2v) is 4.83. The minimum Gasteiger partial charge on any atom is -0.491 e. The highest BCUT2D eigenvalue weighted by Crippen LogP contribution is 2.27. The van der Waals surface area contributed by atoms with Crippen LogP contribution in [0.4, 0.5) is 0 Å². The molecule has 19 heavy (non-hydrogen) atoms. The first kappa shape index (κ1) is 16.0. The van der Waals surface area contributed by atoms with E-state index in [4.69, 9.17) is 4.74 Å². The lowest BCUT2D eigenvalue weighted by Gasteiger charge is -2.21. The second-order valence-electron chi connectivity index (χ2n) is 4.83. The number of benzene rings is 1. The van der Waals surface area contributed by atoms with E-state index in [1.54, 1.807) is 0 Å². The molecule has 2 unspecified atom stereocenters. The Morgan fingerprint density at radius 3 is 2.53 bits per heavy atom. The summed E-state index contributed by atoms with van der Waals surface area (Å²) in [6, 6.07) is 8.41. The first-order valence-electron chi connectivity index (χ1n) is 7.36. The molecule has 3 nitrogen and oxygen atoms in total. The van der Waals surface area contributed by atoms with Gasteiger partial charge in [-0.1, -0.05) is 39.0 Å². The average Bonchev–Trinajstić information content (AvgIpc) is 2.46. The zero-order valence-corrected chi connectivity index (χ0v) is 12.4. The van der Waals surface area contributed by atoms with E-state index in [2.05, 4.69) is 25.2 Å². The summed E-state index contributed by atoms with van der Waals surface area (Å²) < 4.78 is 5.76. The normalized spacial score (nSPS) is 14.1. The number of para-hydroxylation sites is 1. The van der Waals surface area contributed by atoms with Crippen molar-refractivity contribution in [3.8, 4) is 5.75 Å². The van der Waals surface area contributed by atoms with Crippen LogP contribution < -0.4 is 10.1 Å². The highest BCUT2D eigenvalue weighted by atomic mass is 16.5. The summed E-state index contributed by atoms with van der Waals surface area (Å²) in [4.78, 5) is 0. The van der Waals surface area contributed by atoms with Gasteiger partial charge in [-0.2, -0.15) is 0 Å². The summed E-state index contributed by atoms with van der Waals surface area (Å²) in [5.41, 5.74) is 1.18. The van der Waals surface area contributed by atoms with Crippen LogP contribution in [0.25, 0.3) is 0 Å². The molecule has 0 radical (unpaired) electrons. The number of aliphatic hydroxyl groups is 1. The third-order valence-electron chi connectivity index (χ3n) is 3.25. The van der Waals surface area contributed by atoms with Crippen molar-refractivity contribution < 1.29 is 9.84 Å². The predicted octanol–water partition coefficient (Wildman–Crippen LogP) is 3.29. The molecule has 0 aliphatic heterocycles. The van der Waals surface area contributed by atoms with Crippen molar-refractivity contribution in [2.75, 3.05) is 13.2 Å². The van der Waals surface area contributed by atoms with Crippen LogP contribution in [0.1, 0.15) is 51.6 Å². The molecule has 0 bridgehead atoms. The van der Waals surface area contributed by atoms with Gasteiger partial charge in [0.25, 0.3) is 0 Å². The van der Waals surface area contributed by atoms with E-state index in [0.717, 1.165) is 25.1 Å². The van der Waals surface area contributed by atoms with E-state index in [0.29, 0.717) is 19.1 Å². The summed E-state index contributed by atoms with van der Waals surface area (Å²) >= 11 is 0. The molecular weight excluding hydrogens is 238 g/mol. The molecule has 2 atom stereocenters. The Hall–Kier alpha value is -1.06. The molecule has 0 aliphatic rings. The van der Waals surface area contributed by atoms with Crippen molar-refractivity contribution in [1.29, 1.82) is 0 Å². The van der Waals surface area contributed by atoms with Gasteiger partial charge in [0, 0.05) is 11.6 Å². The Labute approximate surface area is 117 Å². The molecule has 0 spiro atoms. The van der Waals surface area contributed by atoms with Gasteiger partial charge in [0.15, 0.2) is 0 Å². The molecule has 0 fully saturated rings. The second kappa shape index (κ2) is 8.94. The van der Waals surface area contributed by atoms with Crippen LogP contribution in [-0.2, 0) is 0 Å². The molecule has 0 saturated carbocycles. The molecule has 0 aliphatic carbocycles. The zero-order chi connectivity index (χ0) is 14.1. The van der Waals surface area contributed by atoms with Crippen LogP contribution in [0.5, 0.6) is 5.75 Å². The SMILES string of the molecule is CCCNC(CC)c1ccccc1OCC(O)CC. The lowest BCUT2D eigenvalue weighted by Crippen LogP contribution is -2.23. The molecule has 0 heterocycles. The minimum absolute atomic E-state index is 0.315. The summed E-state index contributed by atoms with van der Waals surface area (Å²) in [6.07, 6.45) is 2.47. The summed E-state index contributed by atoms with van der Waals surface area (Å²) in [5.74, 6) is 0.880. The highest BCUT2D eigenvalue weighted by Gasteiger charge is 2.14. The molecule has 2 N–H and O–H groups in total. The molecule has 0 saturated heterocycles. The van der Waals surface area contributed by atoms with Gasteiger partial charge in [0.2, 0.25) is 0 Å². The van der Waals surface area contributed by atoms with E-state index in [1.165, 1.54) is 5.56 Å². The average molecular weight is 265 g/mol. The van der Waals surface area contributed by atoms with Crippen LogP contribution in [0, 0.1) is 0 Å². The van der Waals surface area contributed by atoms with Crippen LogP contribution in [-0.4, -0.2) is 24.4 Å². The predicted molar refractivity (Wildman–Crippen MR) is 79.6 cm³/mol. The maximum atomic E-state index is 9.61. The van der Waals surface area contributed by atoms with Gasteiger partial charge >= 0.3 is 0 Å². The molecule has 3 heteroatoms. The highest BCUT2D eigenvalue weighted by molar-refractivity contribution is 5.36. The third-order valence-corrected chi connectivity index (χ3v) is 3.25. The third kappa shape index (κ3) is 5.21. The fourth-order valence-electron chi connectivity index (χ4n) is 2.00. The summed E-state index contributed by atoms with van der Waals surface area (Å²) in [7, 11) is 0. The van der Waals surface area contributed by atoms with E-state index in [-0.39, 0.29) is 0 Å². The molecular formula is C16H27NO2. The van der Waals surface area contributed by atoms with Crippen LogP contribution in [0.15, 0.2) is 24.3 Å². The van der Waals surface area contributed by atoms with Crippen molar-refractivity contribution in [3.63, 3.8) is 0 Å². The van der Waals surface area contributed by atoms with E-state index < -0.39 is 6.10 Å². The van der Waals surface area contributed by atoms with Crippen molar-refractivity contribution in [2.45, 2.75) is 52.2 Å². The molecule has 1 rings (SSSR count). The molecule has 0 aromatic heterocycles. The Morgan fingerprint density at radius 1 is 1.16 bits per heavy atom. The van der Waals surface area contributed by atoms with Crippen molar-refractivity contribution >= 4 is 0 Å². The Balaban J connectivity index is 2.75. The van der Waals surface area contributed by atoms with Crippen molar-refractivity contribution in [2.24, 2.45) is 0 Å². The zero-order valence-electron chi connectivity index (χ0n) is 12.4. The number of nitrogens with one attached hydrogen (secondary N) is 1. The van der Waals surface area contributed by atoms with Gasteiger partial charge in [-0.25, -0.2) is 0 Å². The van der Waals surface area contributed by atoms with Crippen molar-refractivity contribution in [3.05, 3.63) is 29.8 Å². The Kier molecular flexibility index (Phi) is 7.53. The van der Waals surface area contributed by atoms with Gasteiger partial charge in [-0.3, -0.25) is 0 Å². The van der Waals surface area contributed by atoms with E-state index in [9.17, 15) is 5.11 Å². The van der Waals surface area contributed by atoms with Gasteiger partial charge < -0.3 is 15.2 Å². The number of rotatable bonds is 9. The fourth-order valence-corrected chi connectivity index (χ4v) is 2.00. The lowest BCUT2D eigenvalue weighted by molar-refractivity contribution is 0.103. The Morgan fingerprint density at radius 2 is 1.89 bits per heavy atom. The summed E-state index contributed by atoms with van der Waals surface area (Å²) in [6.45, 7) is 7.66. The molecule has 1 aromatic rings. The maximum Gasteiger partial charge on any atom is 0.124 e. The number of hydrogen-bond donors (Lipinski definition) is 2. The van der Waals surface area contributed by atoms with Gasteiger partial charge in [0.05, 0.1) is 6.10 Å². The molecule has 1 aromatic carbocycles. The van der Waals surface area contributed by atoms with E-state index in [1.807, 2.05) is 25.1 Å². The first-order chi connectivity index (χ1) is 9.22. The standard InChI is InChI=1S/C16H27NO2/c1-4-11-17-15(6-3)14-9-7-8-10-16(14)19-12-13(18)5-2/h7-10,13,15,17-18H,4-6,11-12H2,1-3H3. The van der Waals surface area contributed by atoms with Crippen LogP contribution in [0.2, 0.25) is 0 Å². The van der Waals surface area contributed by atoms with Gasteiger partial charge in [0.1, 0.15) is 12.4 Å². The number of aliphatic hydroxyl groups excluding tert-OH is 1. The first-order valence-corrected chi connectivity index (χ1v) is 7.36. The van der Waals surface area contributed by atoms with Crippen LogP contribution in [0.3, 0.4) is 0 Å². The molecule has 108 valence electrons. The number of hydrogen-bond acceptors (Lipinski definition) is 3. The monoisotopic (exact) mass is 265 g/mol. The summed E-state index contributed by atoms with van der Waals surface area (Å²) in [5, 5.41) is 13.1. The van der Waals surface area contributed by atoms with Crippen LogP contribution >= 0.6 is 0 Å². The Bertz CT molecular complexity index is 354. The van der Waals surface area contributed by atoms with Crippen molar-refractivity contribution in [1.82, 2.24) is 5.32 Å². The largest absolute Gasteiger partial charge is 0.491 e. The fraction of sp³-hybridized carbons (Fsp3) is 0.625. The van der Waals surface area contributed by atoms with E-state index >= 15 is 0 Å². The molecule has 0 amide bonds. The minimum atomic E-state index is -0.392. The smallest absolute Gasteiger partial charge is 0.124 e.